The van der Waals surface area contributed by atoms with Crippen LogP contribution in [0.15, 0.2) is 24.3 Å². The molecule has 168 valence electrons. The number of amides is 5. The average Bonchev–Trinajstić information content (AvgIpc) is 2.98. The maximum Gasteiger partial charge on any atom is 0.410 e. The van der Waals surface area contributed by atoms with Crippen LogP contribution in [0.1, 0.15) is 66.3 Å². The van der Waals surface area contributed by atoms with Crippen LogP contribution in [0.25, 0.3) is 5.57 Å². The second-order valence-corrected chi connectivity index (χ2v) is 9.08. The number of piperidine rings is 1. The van der Waals surface area contributed by atoms with Gasteiger partial charge in [0, 0.05) is 19.5 Å². The average molecular weight is 439 g/mol. The molecule has 3 aliphatic heterocycles. The molecule has 0 aromatic heterocycles. The molecular formula is C23H25N3O6. The third-order valence-electron chi connectivity index (χ3n) is 5.67. The SMILES string of the molecule is CC(C)(C)OC(=O)N1CC=C(c2cccc3c2C(=O)N(C2CCC(=O)NC2=O)C3=O)CC1. The van der Waals surface area contributed by atoms with Gasteiger partial charge in [-0.3, -0.25) is 29.4 Å². The molecule has 0 bridgehead atoms. The van der Waals surface area contributed by atoms with E-state index >= 15 is 0 Å². The van der Waals surface area contributed by atoms with Crippen LogP contribution in [0.3, 0.4) is 0 Å². The lowest BCUT2D eigenvalue weighted by Crippen LogP contribution is -2.54. The Kier molecular flexibility index (Phi) is 5.36. The van der Waals surface area contributed by atoms with Crippen molar-refractivity contribution in [3.63, 3.8) is 0 Å². The molecule has 1 aromatic rings. The van der Waals surface area contributed by atoms with Crippen molar-refractivity contribution < 1.29 is 28.7 Å². The van der Waals surface area contributed by atoms with Gasteiger partial charge in [0.05, 0.1) is 11.1 Å². The van der Waals surface area contributed by atoms with Gasteiger partial charge < -0.3 is 9.64 Å². The van der Waals surface area contributed by atoms with Crippen LogP contribution >= 0.6 is 0 Å². The van der Waals surface area contributed by atoms with E-state index in [-0.39, 0.29) is 24.0 Å². The third-order valence-corrected chi connectivity index (χ3v) is 5.67. The van der Waals surface area contributed by atoms with Crippen molar-refractivity contribution in [2.45, 2.75) is 51.7 Å². The molecule has 9 heteroatoms. The fourth-order valence-corrected chi connectivity index (χ4v) is 4.19. The molecule has 32 heavy (non-hydrogen) atoms. The fourth-order valence-electron chi connectivity index (χ4n) is 4.19. The Morgan fingerprint density at radius 2 is 1.78 bits per heavy atom. The highest BCUT2D eigenvalue weighted by Crippen LogP contribution is 2.34. The zero-order valence-electron chi connectivity index (χ0n) is 18.3. The number of benzene rings is 1. The van der Waals surface area contributed by atoms with Crippen LogP contribution in [-0.2, 0) is 14.3 Å². The summed E-state index contributed by atoms with van der Waals surface area (Å²) >= 11 is 0. The lowest BCUT2D eigenvalue weighted by Gasteiger charge is -2.30. The van der Waals surface area contributed by atoms with E-state index in [0.717, 1.165) is 10.5 Å². The second-order valence-electron chi connectivity index (χ2n) is 9.08. The summed E-state index contributed by atoms with van der Waals surface area (Å²) in [5.41, 5.74) is 1.40. The number of nitrogens with zero attached hydrogens (tertiary/aromatic N) is 2. The molecule has 3 heterocycles. The van der Waals surface area contributed by atoms with Gasteiger partial charge in [0.25, 0.3) is 11.8 Å². The van der Waals surface area contributed by atoms with E-state index in [0.29, 0.717) is 25.1 Å². The summed E-state index contributed by atoms with van der Waals surface area (Å²) in [4.78, 5) is 64.9. The molecule has 0 saturated carbocycles. The van der Waals surface area contributed by atoms with Gasteiger partial charge in [0.2, 0.25) is 11.8 Å². The molecule has 1 unspecified atom stereocenters. The maximum absolute atomic E-state index is 13.3. The molecule has 1 aromatic carbocycles. The summed E-state index contributed by atoms with van der Waals surface area (Å²) in [7, 11) is 0. The molecule has 0 radical (unpaired) electrons. The quantitative estimate of drug-likeness (QED) is 0.706. The first-order chi connectivity index (χ1) is 15.1. The molecular weight excluding hydrogens is 414 g/mol. The van der Waals surface area contributed by atoms with Crippen LogP contribution in [-0.4, -0.2) is 64.3 Å². The van der Waals surface area contributed by atoms with Crippen molar-refractivity contribution in [1.29, 1.82) is 0 Å². The summed E-state index contributed by atoms with van der Waals surface area (Å²) in [5.74, 6) is -2.12. The van der Waals surface area contributed by atoms with E-state index in [9.17, 15) is 24.0 Å². The highest BCUT2D eigenvalue weighted by atomic mass is 16.6. The summed E-state index contributed by atoms with van der Waals surface area (Å²) in [6.45, 7) is 6.16. The summed E-state index contributed by atoms with van der Waals surface area (Å²) < 4.78 is 5.41. The Morgan fingerprint density at radius 3 is 2.41 bits per heavy atom. The Hall–Kier alpha value is -3.49. The second kappa shape index (κ2) is 7.89. The minimum atomic E-state index is -1.00. The lowest BCUT2D eigenvalue weighted by atomic mass is 9.93. The van der Waals surface area contributed by atoms with E-state index < -0.39 is 41.4 Å². The van der Waals surface area contributed by atoms with Crippen LogP contribution in [0.4, 0.5) is 4.79 Å². The van der Waals surface area contributed by atoms with Gasteiger partial charge in [-0.2, -0.15) is 0 Å². The largest absolute Gasteiger partial charge is 0.444 e. The number of imide groups is 2. The molecule has 1 fully saturated rings. The zero-order valence-corrected chi connectivity index (χ0v) is 18.3. The van der Waals surface area contributed by atoms with E-state index in [1.165, 1.54) is 0 Å². The van der Waals surface area contributed by atoms with Gasteiger partial charge in [-0.05, 0) is 50.8 Å². The predicted octanol–water partition coefficient (Wildman–Crippen LogP) is 2.11. The molecule has 1 N–H and O–H groups in total. The molecule has 3 aliphatic rings. The van der Waals surface area contributed by atoms with E-state index in [1.54, 1.807) is 43.9 Å². The Morgan fingerprint density at radius 1 is 1.06 bits per heavy atom. The minimum Gasteiger partial charge on any atom is -0.444 e. The number of hydrogen-bond donors (Lipinski definition) is 1. The summed E-state index contributed by atoms with van der Waals surface area (Å²) in [6.07, 6.45) is 2.13. The summed E-state index contributed by atoms with van der Waals surface area (Å²) in [6, 6.07) is 4.04. The first kappa shape index (κ1) is 21.7. The monoisotopic (exact) mass is 439 g/mol. The normalized spacial score (nSPS) is 21.3. The predicted molar refractivity (Wildman–Crippen MR) is 114 cm³/mol. The van der Waals surface area contributed by atoms with Gasteiger partial charge >= 0.3 is 6.09 Å². The third kappa shape index (κ3) is 3.90. The number of ether oxygens (including phenoxy) is 1. The number of nitrogens with one attached hydrogen (secondary N) is 1. The van der Waals surface area contributed by atoms with Crippen molar-refractivity contribution >= 4 is 35.3 Å². The van der Waals surface area contributed by atoms with Gasteiger partial charge in [0.1, 0.15) is 11.6 Å². The van der Waals surface area contributed by atoms with Gasteiger partial charge in [-0.15, -0.1) is 0 Å². The van der Waals surface area contributed by atoms with Gasteiger partial charge in [-0.1, -0.05) is 18.2 Å². The lowest BCUT2D eigenvalue weighted by molar-refractivity contribution is -0.136. The van der Waals surface area contributed by atoms with Gasteiger partial charge in [-0.25, -0.2) is 4.79 Å². The van der Waals surface area contributed by atoms with Crippen molar-refractivity contribution in [3.05, 3.63) is 41.0 Å². The first-order valence-electron chi connectivity index (χ1n) is 10.6. The standard InChI is InChI=1S/C23H25N3O6/c1-23(2,3)32-22(31)25-11-9-13(10-12-25)14-5-4-6-15-18(14)21(30)26(20(15)29)16-7-8-17(27)24-19(16)28/h4-6,9,16H,7-8,10-12H2,1-3H3,(H,24,27,28). The van der Waals surface area contributed by atoms with Crippen LogP contribution in [0.5, 0.6) is 0 Å². The molecule has 5 amide bonds. The molecule has 1 atom stereocenters. The first-order valence-corrected chi connectivity index (χ1v) is 10.6. The zero-order chi connectivity index (χ0) is 23.2. The van der Waals surface area contributed by atoms with Crippen molar-refractivity contribution in [3.8, 4) is 0 Å². The molecule has 1 saturated heterocycles. The molecule has 9 nitrogen and oxygen atoms in total. The smallest absolute Gasteiger partial charge is 0.410 e. The Balaban J connectivity index is 1.58. The van der Waals surface area contributed by atoms with E-state index in [4.69, 9.17) is 4.74 Å². The van der Waals surface area contributed by atoms with E-state index in [2.05, 4.69) is 5.32 Å². The van der Waals surface area contributed by atoms with Crippen LogP contribution in [0, 0.1) is 0 Å². The highest BCUT2D eigenvalue weighted by Gasteiger charge is 2.45. The summed E-state index contributed by atoms with van der Waals surface area (Å²) in [5, 5.41) is 2.20. The number of carbonyl (C=O) groups is 5. The minimum absolute atomic E-state index is 0.0717. The molecule has 0 spiro atoms. The van der Waals surface area contributed by atoms with Gasteiger partial charge in [0.15, 0.2) is 0 Å². The van der Waals surface area contributed by atoms with Crippen LogP contribution < -0.4 is 5.32 Å². The maximum atomic E-state index is 13.3. The number of carbonyl (C=O) groups excluding carboxylic acids is 5. The number of fused-ring (bicyclic) bond motifs is 1. The Labute approximate surface area is 185 Å². The molecule has 0 aliphatic carbocycles. The van der Waals surface area contributed by atoms with Crippen molar-refractivity contribution in [2.24, 2.45) is 0 Å². The molecule has 4 rings (SSSR count). The highest BCUT2D eigenvalue weighted by molar-refractivity contribution is 6.25. The number of rotatable bonds is 2. The van der Waals surface area contributed by atoms with Crippen molar-refractivity contribution in [1.82, 2.24) is 15.1 Å². The number of hydrogen-bond acceptors (Lipinski definition) is 6. The fraction of sp³-hybridized carbons (Fsp3) is 0.435. The Bertz CT molecular complexity index is 1070. The van der Waals surface area contributed by atoms with Crippen molar-refractivity contribution in [2.75, 3.05) is 13.1 Å². The topological polar surface area (TPSA) is 113 Å². The van der Waals surface area contributed by atoms with Crippen LogP contribution in [0.2, 0.25) is 0 Å². The van der Waals surface area contributed by atoms with E-state index in [1.807, 2.05) is 6.08 Å².